The van der Waals surface area contributed by atoms with Crippen molar-refractivity contribution in [2.75, 3.05) is 39.8 Å². The van der Waals surface area contributed by atoms with Gasteiger partial charge in [-0.25, -0.2) is 0 Å². The third kappa shape index (κ3) is 3.37. The number of phenols is 1. The number of phenolic OH excluding ortho intramolecular Hbond substituents is 1. The van der Waals surface area contributed by atoms with Gasteiger partial charge in [0, 0.05) is 32.7 Å². The summed E-state index contributed by atoms with van der Waals surface area (Å²) < 4.78 is 6.04. The molecular formula is C13H19BrN2O2. The fourth-order valence-electron chi connectivity index (χ4n) is 2.15. The monoisotopic (exact) mass is 314 g/mol. The van der Waals surface area contributed by atoms with Crippen molar-refractivity contribution in [1.29, 1.82) is 0 Å². The van der Waals surface area contributed by atoms with Gasteiger partial charge in [-0.2, -0.15) is 0 Å². The number of ether oxygens (including phenoxy) is 1. The number of aromatic hydroxyl groups is 1. The van der Waals surface area contributed by atoms with Gasteiger partial charge in [-0.15, -0.1) is 0 Å². The SMILES string of the molecule is COc1cc(CCN2CCNCC2)c(O)cc1Br. The predicted molar refractivity (Wildman–Crippen MR) is 75.4 cm³/mol. The standard InChI is InChI=1S/C13H19BrN2O2/c1-18-13-8-10(12(17)9-11(13)14)2-5-16-6-3-15-4-7-16/h8-9,15,17H,2-7H2,1H3. The van der Waals surface area contributed by atoms with Gasteiger partial charge < -0.3 is 20.1 Å². The van der Waals surface area contributed by atoms with E-state index in [0.717, 1.165) is 54.9 Å². The van der Waals surface area contributed by atoms with Gasteiger partial charge in [0.25, 0.3) is 0 Å². The molecule has 100 valence electrons. The first-order chi connectivity index (χ1) is 8.70. The van der Waals surface area contributed by atoms with Gasteiger partial charge in [-0.1, -0.05) is 0 Å². The molecule has 1 aromatic rings. The number of nitrogens with one attached hydrogen (secondary N) is 1. The summed E-state index contributed by atoms with van der Waals surface area (Å²) in [6.07, 6.45) is 0.843. The van der Waals surface area contributed by atoms with Gasteiger partial charge in [0.2, 0.25) is 0 Å². The van der Waals surface area contributed by atoms with E-state index in [2.05, 4.69) is 26.1 Å². The number of rotatable bonds is 4. The zero-order valence-corrected chi connectivity index (χ0v) is 12.2. The van der Waals surface area contributed by atoms with Crippen LogP contribution in [0, 0.1) is 0 Å². The van der Waals surface area contributed by atoms with Crippen molar-refractivity contribution in [2.24, 2.45) is 0 Å². The quantitative estimate of drug-likeness (QED) is 0.886. The molecule has 1 aliphatic heterocycles. The summed E-state index contributed by atoms with van der Waals surface area (Å²) >= 11 is 3.37. The van der Waals surface area contributed by atoms with Crippen LogP contribution in [0.4, 0.5) is 0 Å². The number of piperazine rings is 1. The Kier molecular flexibility index (Phi) is 4.86. The first-order valence-electron chi connectivity index (χ1n) is 6.19. The first-order valence-corrected chi connectivity index (χ1v) is 6.98. The van der Waals surface area contributed by atoms with Gasteiger partial charge in [0.1, 0.15) is 11.5 Å². The molecule has 2 rings (SSSR count). The van der Waals surface area contributed by atoms with Gasteiger partial charge in [-0.3, -0.25) is 0 Å². The second-order valence-electron chi connectivity index (χ2n) is 4.46. The Morgan fingerprint density at radius 1 is 1.39 bits per heavy atom. The molecule has 1 aromatic carbocycles. The van der Waals surface area contributed by atoms with Crippen LogP contribution in [0.15, 0.2) is 16.6 Å². The van der Waals surface area contributed by atoms with Crippen molar-refractivity contribution < 1.29 is 9.84 Å². The Balaban J connectivity index is 1.99. The average Bonchev–Trinajstić information content (AvgIpc) is 2.39. The zero-order chi connectivity index (χ0) is 13.0. The molecule has 0 aliphatic carbocycles. The number of hydrogen-bond acceptors (Lipinski definition) is 4. The molecule has 1 heterocycles. The minimum atomic E-state index is 0.331. The maximum absolute atomic E-state index is 9.92. The van der Waals surface area contributed by atoms with E-state index in [9.17, 15) is 5.11 Å². The van der Waals surface area contributed by atoms with Gasteiger partial charge >= 0.3 is 0 Å². The normalized spacial score (nSPS) is 16.8. The number of benzene rings is 1. The van der Waals surface area contributed by atoms with Crippen molar-refractivity contribution in [2.45, 2.75) is 6.42 Å². The van der Waals surface area contributed by atoms with Crippen molar-refractivity contribution in [1.82, 2.24) is 10.2 Å². The van der Waals surface area contributed by atoms with Crippen LogP contribution < -0.4 is 10.1 Å². The third-order valence-corrected chi connectivity index (χ3v) is 3.88. The molecule has 4 nitrogen and oxygen atoms in total. The topological polar surface area (TPSA) is 44.7 Å². The van der Waals surface area contributed by atoms with Crippen LogP contribution in [0.1, 0.15) is 5.56 Å². The van der Waals surface area contributed by atoms with E-state index in [0.29, 0.717) is 5.75 Å². The van der Waals surface area contributed by atoms with Crippen LogP contribution in [-0.2, 0) is 6.42 Å². The molecule has 0 unspecified atom stereocenters. The van der Waals surface area contributed by atoms with Crippen LogP contribution >= 0.6 is 15.9 Å². The second-order valence-corrected chi connectivity index (χ2v) is 5.31. The molecule has 1 saturated heterocycles. The smallest absolute Gasteiger partial charge is 0.133 e. The lowest BCUT2D eigenvalue weighted by molar-refractivity contribution is 0.243. The largest absolute Gasteiger partial charge is 0.508 e. The molecule has 0 spiro atoms. The third-order valence-electron chi connectivity index (χ3n) is 3.26. The Bertz CT molecular complexity index is 406. The summed E-state index contributed by atoms with van der Waals surface area (Å²) in [5, 5.41) is 13.3. The van der Waals surface area contributed by atoms with Crippen molar-refractivity contribution in [3.63, 3.8) is 0 Å². The van der Waals surface area contributed by atoms with E-state index in [4.69, 9.17) is 4.74 Å². The van der Waals surface area contributed by atoms with Crippen molar-refractivity contribution >= 4 is 15.9 Å². The van der Waals surface area contributed by atoms with Crippen LogP contribution in [0.25, 0.3) is 0 Å². The Morgan fingerprint density at radius 3 is 2.78 bits per heavy atom. The second kappa shape index (κ2) is 6.41. The summed E-state index contributed by atoms with van der Waals surface area (Å²) in [5.41, 5.74) is 0.939. The van der Waals surface area contributed by atoms with Gasteiger partial charge in [0.05, 0.1) is 11.6 Å². The Labute approximate surface area is 116 Å². The molecule has 0 aromatic heterocycles. The highest BCUT2D eigenvalue weighted by molar-refractivity contribution is 9.10. The fourth-order valence-corrected chi connectivity index (χ4v) is 2.65. The zero-order valence-electron chi connectivity index (χ0n) is 10.6. The van der Waals surface area contributed by atoms with E-state index in [1.54, 1.807) is 13.2 Å². The molecule has 2 N–H and O–H groups in total. The highest BCUT2D eigenvalue weighted by Crippen LogP contribution is 2.32. The summed E-state index contributed by atoms with van der Waals surface area (Å²) in [6, 6.07) is 3.60. The van der Waals surface area contributed by atoms with Gasteiger partial charge in [0.15, 0.2) is 0 Å². The summed E-state index contributed by atoms with van der Waals surface area (Å²) in [5.74, 6) is 1.10. The lowest BCUT2D eigenvalue weighted by Crippen LogP contribution is -2.44. The van der Waals surface area contributed by atoms with E-state index < -0.39 is 0 Å². The maximum atomic E-state index is 9.92. The first kappa shape index (κ1) is 13.6. The van der Waals surface area contributed by atoms with Crippen LogP contribution in [0.5, 0.6) is 11.5 Å². The van der Waals surface area contributed by atoms with E-state index in [-0.39, 0.29) is 0 Å². The minimum absolute atomic E-state index is 0.331. The fraction of sp³-hybridized carbons (Fsp3) is 0.538. The van der Waals surface area contributed by atoms with Crippen molar-refractivity contribution in [3.8, 4) is 11.5 Å². The molecule has 0 atom stereocenters. The molecule has 0 radical (unpaired) electrons. The van der Waals surface area contributed by atoms with Crippen LogP contribution in [0.3, 0.4) is 0 Å². The maximum Gasteiger partial charge on any atom is 0.133 e. The van der Waals surface area contributed by atoms with Gasteiger partial charge in [-0.05, 0) is 40.0 Å². The number of methoxy groups -OCH3 is 1. The number of hydrogen-bond donors (Lipinski definition) is 2. The number of halogens is 1. The molecule has 1 aliphatic rings. The molecule has 1 fully saturated rings. The molecule has 18 heavy (non-hydrogen) atoms. The van der Waals surface area contributed by atoms with E-state index in [1.807, 2.05) is 6.07 Å². The molecule has 0 saturated carbocycles. The molecular weight excluding hydrogens is 296 g/mol. The number of nitrogens with zero attached hydrogens (tertiary/aromatic N) is 1. The summed E-state index contributed by atoms with van der Waals surface area (Å²) in [4.78, 5) is 2.41. The average molecular weight is 315 g/mol. The lowest BCUT2D eigenvalue weighted by Gasteiger charge is -2.27. The van der Waals surface area contributed by atoms with Crippen LogP contribution in [0.2, 0.25) is 0 Å². The summed E-state index contributed by atoms with van der Waals surface area (Å²) in [7, 11) is 1.64. The van der Waals surface area contributed by atoms with Crippen molar-refractivity contribution in [3.05, 3.63) is 22.2 Å². The summed E-state index contributed by atoms with van der Waals surface area (Å²) in [6.45, 7) is 5.23. The highest BCUT2D eigenvalue weighted by Gasteiger charge is 2.12. The minimum Gasteiger partial charge on any atom is -0.508 e. The van der Waals surface area contributed by atoms with E-state index >= 15 is 0 Å². The van der Waals surface area contributed by atoms with Crippen LogP contribution in [-0.4, -0.2) is 49.8 Å². The molecule has 0 amide bonds. The Hall–Kier alpha value is -0.780. The predicted octanol–water partition coefficient (Wildman–Crippen LogP) is 1.61. The van der Waals surface area contributed by atoms with E-state index in [1.165, 1.54) is 0 Å². The highest BCUT2D eigenvalue weighted by atomic mass is 79.9. The molecule has 5 heteroatoms. The molecule has 0 bridgehead atoms. The Morgan fingerprint density at radius 2 is 2.11 bits per heavy atom. The lowest BCUT2D eigenvalue weighted by atomic mass is 10.1.